The summed E-state index contributed by atoms with van der Waals surface area (Å²) in [7, 11) is 0. The minimum absolute atomic E-state index is 0.0565. The Labute approximate surface area is 147 Å². The molecule has 1 aromatic heterocycles. The predicted molar refractivity (Wildman–Crippen MR) is 92.4 cm³/mol. The fraction of sp³-hybridized carbons (Fsp3) is 0.111. The second-order valence-electron chi connectivity index (χ2n) is 5.19. The molecule has 3 rings (SSSR count). The fourth-order valence-corrected chi connectivity index (χ4v) is 2.63. The largest absolute Gasteiger partial charge is 0.462 e. The molecule has 0 fully saturated rings. The number of halogens is 3. The summed E-state index contributed by atoms with van der Waals surface area (Å²) >= 11 is 5.97. The number of ether oxygens (including phenoxy) is 1. The zero-order chi connectivity index (χ0) is 18.0. The number of benzene rings is 2. The van der Waals surface area contributed by atoms with Crippen molar-refractivity contribution < 1.29 is 18.3 Å². The fourth-order valence-electron chi connectivity index (χ4n) is 2.44. The lowest BCUT2D eigenvalue weighted by molar-refractivity contribution is 0.0527. The van der Waals surface area contributed by atoms with Gasteiger partial charge in [0.25, 0.3) is 0 Å². The Morgan fingerprint density at radius 1 is 1.28 bits per heavy atom. The molecule has 0 aliphatic carbocycles. The highest BCUT2D eigenvalue weighted by atomic mass is 35.5. The van der Waals surface area contributed by atoms with E-state index in [9.17, 15) is 13.6 Å². The smallest absolute Gasteiger partial charge is 0.341 e. The molecule has 0 saturated heterocycles. The van der Waals surface area contributed by atoms with E-state index < -0.39 is 17.6 Å². The molecule has 1 heterocycles. The summed E-state index contributed by atoms with van der Waals surface area (Å²) in [5.41, 5.74) is 0.762. The Balaban J connectivity index is 2.23. The Kier molecular flexibility index (Phi) is 4.81. The summed E-state index contributed by atoms with van der Waals surface area (Å²) in [5, 5.41) is 3.59. The molecule has 0 radical (unpaired) electrons. The van der Waals surface area contributed by atoms with E-state index >= 15 is 0 Å². The number of hydrogen-bond donors (Lipinski definition) is 1. The molecule has 0 spiro atoms. The lowest BCUT2D eigenvalue weighted by Crippen LogP contribution is -2.09. The van der Waals surface area contributed by atoms with Crippen molar-refractivity contribution >= 4 is 39.8 Å². The first kappa shape index (κ1) is 17.1. The first-order valence-corrected chi connectivity index (χ1v) is 7.85. The van der Waals surface area contributed by atoms with Crippen molar-refractivity contribution in [3.63, 3.8) is 0 Å². The number of carbonyl (C=O) groups excluding carboxylic acids is 1. The van der Waals surface area contributed by atoms with Crippen LogP contribution in [0.4, 0.5) is 20.2 Å². The maximum absolute atomic E-state index is 14.0. The van der Waals surface area contributed by atoms with Crippen LogP contribution in [0.15, 0.2) is 42.6 Å². The summed E-state index contributed by atoms with van der Waals surface area (Å²) in [4.78, 5) is 16.2. The highest BCUT2D eigenvalue weighted by Crippen LogP contribution is 2.32. The minimum Gasteiger partial charge on any atom is -0.462 e. The van der Waals surface area contributed by atoms with E-state index in [0.717, 1.165) is 12.1 Å². The van der Waals surface area contributed by atoms with Gasteiger partial charge in [0.2, 0.25) is 0 Å². The number of fused-ring (bicyclic) bond motifs is 1. The SMILES string of the molecule is CCOC(=O)c1cnc2c(F)cc(F)cc2c1Nc1cccc(Cl)c1. The molecule has 2 aromatic carbocycles. The van der Waals surface area contributed by atoms with Crippen LogP contribution in [0, 0.1) is 11.6 Å². The summed E-state index contributed by atoms with van der Waals surface area (Å²) in [5.74, 6) is -2.24. The normalized spacial score (nSPS) is 10.7. The van der Waals surface area contributed by atoms with Gasteiger partial charge in [-0.3, -0.25) is 4.98 Å². The van der Waals surface area contributed by atoms with E-state index in [0.29, 0.717) is 10.7 Å². The third-order valence-electron chi connectivity index (χ3n) is 3.48. The van der Waals surface area contributed by atoms with Gasteiger partial charge in [-0.25, -0.2) is 13.6 Å². The molecule has 0 aliphatic rings. The summed E-state index contributed by atoms with van der Waals surface area (Å²) in [6, 6.07) is 8.58. The van der Waals surface area contributed by atoms with Gasteiger partial charge in [-0.2, -0.15) is 0 Å². The standard InChI is InChI=1S/C18H13ClF2N2O2/c1-2-25-18(24)14-9-22-17-13(7-11(20)8-15(17)21)16(14)23-12-5-3-4-10(19)6-12/h3-9H,2H2,1H3,(H,22,23). The van der Waals surface area contributed by atoms with Gasteiger partial charge in [-0.05, 0) is 31.2 Å². The van der Waals surface area contributed by atoms with Gasteiger partial charge in [0, 0.05) is 28.4 Å². The molecule has 25 heavy (non-hydrogen) atoms. The minimum atomic E-state index is -0.820. The zero-order valence-electron chi connectivity index (χ0n) is 13.1. The van der Waals surface area contributed by atoms with E-state index in [4.69, 9.17) is 16.3 Å². The number of carbonyl (C=O) groups is 1. The van der Waals surface area contributed by atoms with E-state index in [1.807, 2.05) is 0 Å². The van der Waals surface area contributed by atoms with Crippen LogP contribution < -0.4 is 5.32 Å². The maximum atomic E-state index is 14.0. The van der Waals surface area contributed by atoms with Crippen molar-refractivity contribution in [3.05, 3.63) is 64.8 Å². The second kappa shape index (κ2) is 7.03. The molecule has 0 aliphatic heterocycles. The molecule has 0 unspecified atom stereocenters. The lowest BCUT2D eigenvalue weighted by Gasteiger charge is -2.14. The summed E-state index contributed by atoms with van der Waals surface area (Å²) in [6.45, 7) is 1.82. The molecule has 1 N–H and O–H groups in total. The Morgan fingerprint density at radius 2 is 2.08 bits per heavy atom. The summed E-state index contributed by atoms with van der Waals surface area (Å²) < 4.78 is 32.8. The van der Waals surface area contributed by atoms with E-state index in [1.54, 1.807) is 31.2 Å². The first-order valence-electron chi connectivity index (χ1n) is 7.47. The van der Waals surface area contributed by atoms with Crippen molar-refractivity contribution in [1.29, 1.82) is 0 Å². The maximum Gasteiger partial charge on any atom is 0.341 e. The quantitative estimate of drug-likeness (QED) is 0.657. The number of esters is 1. The number of rotatable bonds is 4. The van der Waals surface area contributed by atoms with Crippen LogP contribution in [0.5, 0.6) is 0 Å². The molecule has 3 aromatic rings. The second-order valence-corrected chi connectivity index (χ2v) is 5.62. The number of anilines is 2. The monoisotopic (exact) mass is 362 g/mol. The average molecular weight is 363 g/mol. The van der Waals surface area contributed by atoms with E-state index in [-0.39, 0.29) is 28.8 Å². The van der Waals surface area contributed by atoms with Crippen molar-refractivity contribution in [3.8, 4) is 0 Å². The molecule has 0 saturated carbocycles. The van der Waals surface area contributed by atoms with Crippen LogP contribution in [0.3, 0.4) is 0 Å². The first-order chi connectivity index (χ1) is 12.0. The highest BCUT2D eigenvalue weighted by Gasteiger charge is 2.19. The number of nitrogens with one attached hydrogen (secondary N) is 1. The van der Waals surface area contributed by atoms with Gasteiger partial charge in [0.15, 0.2) is 5.82 Å². The van der Waals surface area contributed by atoms with Crippen LogP contribution in [0.1, 0.15) is 17.3 Å². The summed E-state index contributed by atoms with van der Waals surface area (Å²) in [6.07, 6.45) is 1.20. The van der Waals surface area contributed by atoms with Crippen molar-refractivity contribution in [2.75, 3.05) is 11.9 Å². The van der Waals surface area contributed by atoms with E-state index in [2.05, 4.69) is 10.3 Å². The lowest BCUT2D eigenvalue weighted by atomic mass is 10.1. The molecular weight excluding hydrogens is 350 g/mol. The van der Waals surface area contributed by atoms with Gasteiger partial charge in [0.05, 0.1) is 12.3 Å². The topological polar surface area (TPSA) is 51.2 Å². The third kappa shape index (κ3) is 3.53. The zero-order valence-corrected chi connectivity index (χ0v) is 13.9. The predicted octanol–water partition coefficient (Wildman–Crippen LogP) is 5.09. The van der Waals surface area contributed by atoms with Crippen LogP contribution in [0.2, 0.25) is 5.02 Å². The molecule has 4 nitrogen and oxygen atoms in total. The Morgan fingerprint density at radius 3 is 2.80 bits per heavy atom. The van der Waals surface area contributed by atoms with Crippen LogP contribution in [0.25, 0.3) is 10.9 Å². The molecule has 0 amide bonds. The van der Waals surface area contributed by atoms with Crippen molar-refractivity contribution in [2.24, 2.45) is 0 Å². The van der Waals surface area contributed by atoms with Gasteiger partial charge < -0.3 is 10.1 Å². The van der Waals surface area contributed by atoms with Gasteiger partial charge >= 0.3 is 5.97 Å². The highest BCUT2D eigenvalue weighted by molar-refractivity contribution is 6.30. The molecule has 7 heteroatoms. The number of pyridine rings is 1. The third-order valence-corrected chi connectivity index (χ3v) is 3.71. The van der Waals surface area contributed by atoms with Gasteiger partial charge in [0.1, 0.15) is 16.9 Å². The number of nitrogens with zero attached hydrogens (tertiary/aromatic N) is 1. The molecule has 0 atom stereocenters. The number of hydrogen-bond acceptors (Lipinski definition) is 4. The van der Waals surface area contributed by atoms with Crippen LogP contribution >= 0.6 is 11.6 Å². The Hall–Kier alpha value is -2.73. The van der Waals surface area contributed by atoms with Crippen molar-refractivity contribution in [1.82, 2.24) is 4.98 Å². The van der Waals surface area contributed by atoms with Crippen LogP contribution in [-0.4, -0.2) is 17.6 Å². The molecule has 128 valence electrons. The van der Waals surface area contributed by atoms with E-state index in [1.165, 1.54) is 6.20 Å². The van der Waals surface area contributed by atoms with Crippen molar-refractivity contribution in [2.45, 2.75) is 6.92 Å². The average Bonchev–Trinajstić information content (AvgIpc) is 2.55. The molecule has 0 bridgehead atoms. The van der Waals surface area contributed by atoms with Crippen LogP contribution in [-0.2, 0) is 4.74 Å². The molecular formula is C18H13ClF2N2O2. The Bertz CT molecular complexity index is 963. The number of aromatic nitrogens is 1. The van der Waals surface area contributed by atoms with Gasteiger partial charge in [-0.1, -0.05) is 17.7 Å². The van der Waals surface area contributed by atoms with Gasteiger partial charge in [-0.15, -0.1) is 0 Å².